The quantitative estimate of drug-likeness (QED) is 0.854. The summed E-state index contributed by atoms with van der Waals surface area (Å²) >= 11 is 0. The van der Waals surface area contributed by atoms with Crippen LogP contribution in [0, 0.1) is 11.3 Å². The minimum atomic E-state index is -0.0214. The van der Waals surface area contributed by atoms with Gasteiger partial charge in [0.1, 0.15) is 0 Å². The van der Waals surface area contributed by atoms with Gasteiger partial charge in [-0.15, -0.1) is 0 Å². The number of carbonyl (C=O) groups is 1. The molecule has 0 fully saturated rings. The molecular weight excluding hydrogens is 238 g/mol. The van der Waals surface area contributed by atoms with Crippen LogP contribution in [-0.4, -0.2) is 29.9 Å². The van der Waals surface area contributed by atoms with Crippen LogP contribution in [0.1, 0.15) is 32.8 Å². The molecule has 0 aromatic heterocycles. The van der Waals surface area contributed by atoms with E-state index in [1.165, 1.54) is 0 Å². The monoisotopic (exact) mass is 259 g/mol. The summed E-state index contributed by atoms with van der Waals surface area (Å²) in [6, 6.07) is 9.29. The van der Waals surface area contributed by atoms with Gasteiger partial charge < -0.3 is 5.32 Å². The van der Waals surface area contributed by atoms with Gasteiger partial charge in [0.05, 0.1) is 18.2 Å². The standard InChI is InChI=1S/C15H21N3O/c1-4-9-18(12(2)3)11-15(19)17-14-7-5-13(10-16)6-8-14/h5-8,12H,4,9,11H2,1-3H3,(H,17,19). The molecule has 102 valence electrons. The topological polar surface area (TPSA) is 56.1 Å². The number of hydrogen-bond donors (Lipinski definition) is 1. The maximum atomic E-state index is 11.9. The lowest BCUT2D eigenvalue weighted by Gasteiger charge is -2.25. The first-order valence-electron chi connectivity index (χ1n) is 6.61. The Hall–Kier alpha value is -1.86. The number of hydrogen-bond acceptors (Lipinski definition) is 3. The summed E-state index contributed by atoms with van der Waals surface area (Å²) in [7, 11) is 0. The summed E-state index contributed by atoms with van der Waals surface area (Å²) in [6.45, 7) is 7.59. The predicted octanol–water partition coefficient (Wildman–Crippen LogP) is 2.62. The molecule has 0 bridgehead atoms. The molecule has 0 aliphatic rings. The molecule has 1 N–H and O–H groups in total. The van der Waals surface area contributed by atoms with Gasteiger partial charge in [0, 0.05) is 11.7 Å². The minimum Gasteiger partial charge on any atom is -0.325 e. The Bertz CT molecular complexity index is 445. The third-order valence-corrected chi connectivity index (χ3v) is 2.89. The molecule has 1 amide bonds. The van der Waals surface area contributed by atoms with Crippen LogP contribution >= 0.6 is 0 Å². The SMILES string of the molecule is CCCN(CC(=O)Nc1ccc(C#N)cc1)C(C)C. The van der Waals surface area contributed by atoms with Crippen LogP contribution in [0.25, 0.3) is 0 Å². The Kier molecular flexibility index (Phi) is 6.04. The van der Waals surface area contributed by atoms with Crippen molar-refractivity contribution < 1.29 is 4.79 Å². The molecule has 4 nitrogen and oxygen atoms in total. The zero-order chi connectivity index (χ0) is 14.3. The minimum absolute atomic E-state index is 0.0214. The van der Waals surface area contributed by atoms with Gasteiger partial charge in [0.25, 0.3) is 0 Å². The first-order chi connectivity index (χ1) is 9.06. The van der Waals surface area contributed by atoms with Crippen molar-refractivity contribution in [2.45, 2.75) is 33.2 Å². The molecule has 19 heavy (non-hydrogen) atoms. The van der Waals surface area contributed by atoms with Crippen molar-refractivity contribution in [2.24, 2.45) is 0 Å². The first-order valence-corrected chi connectivity index (χ1v) is 6.61. The van der Waals surface area contributed by atoms with E-state index < -0.39 is 0 Å². The second-order valence-electron chi connectivity index (χ2n) is 4.80. The second-order valence-corrected chi connectivity index (χ2v) is 4.80. The fraction of sp³-hybridized carbons (Fsp3) is 0.467. The number of benzene rings is 1. The average Bonchev–Trinajstić information content (AvgIpc) is 2.39. The van der Waals surface area contributed by atoms with Gasteiger partial charge in [-0.3, -0.25) is 9.69 Å². The molecule has 0 heterocycles. The number of carbonyl (C=O) groups excluding carboxylic acids is 1. The maximum Gasteiger partial charge on any atom is 0.238 e. The van der Waals surface area contributed by atoms with Crippen molar-refractivity contribution in [2.75, 3.05) is 18.4 Å². The van der Waals surface area contributed by atoms with Crippen LogP contribution in [0.4, 0.5) is 5.69 Å². The predicted molar refractivity (Wildman–Crippen MR) is 76.8 cm³/mol. The third kappa shape index (κ3) is 5.11. The van der Waals surface area contributed by atoms with E-state index in [0.717, 1.165) is 18.7 Å². The number of rotatable bonds is 6. The molecule has 0 aliphatic carbocycles. The van der Waals surface area contributed by atoms with Gasteiger partial charge in [-0.05, 0) is 51.1 Å². The molecule has 0 aliphatic heterocycles. The summed E-state index contributed by atoms with van der Waals surface area (Å²) in [4.78, 5) is 14.1. The summed E-state index contributed by atoms with van der Waals surface area (Å²) in [5.74, 6) is -0.0214. The normalized spacial score (nSPS) is 10.5. The lowest BCUT2D eigenvalue weighted by atomic mass is 10.2. The van der Waals surface area contributed by atoms with Crippen LogP contribution in [0.15, 0.2) is 24.3 Å². The molecule has 0 atom stereocenters. The van der Waals surface area contributed by atoms with E-state index in [0.29, 0.717) is 18.2 Å². The fourth-order valence-corrected chi connectivity index (χ4v) is 1.82. The fourth-order valence-electron chi connectivity index (χ4n) is 1.82. The highest BCUT2D eigenvalue weighted by Gasteiger charge is 2.13. The van der Waals surface area contributed by atoms with Gasteiger partial charge in [0.2, 0.25) is 5.91 Å². The van der Waals surface area contributed by atoms with Crippen molar-refractivity contribution in [3.05, 3.63) is 29.8 Å². The van der Waals surface area contributed by atoms with E-state index in [2.05, 4.69) is 37.1 Å². The highest BCUT2D eigenvalue weighted by molar-refractivity contribution is 5.92. The number of nitriles is 1. The maximum absolute atomic E-state index is 11.9. The highest BCUT2D eigenvalue weighted by atomic mass is 16.2. The molecule has 1 aromatic rings. The molecular formula is C15H21N3O. The summed E-state index contributed by atoms with van der Waals surface area (Å²) < 4.78 is 0. The average molecular weight is 259 g/mol. The van der Waals surface area contributed by atoms with Crippen molar-refractivity contribution in [1.82, 2.24) is 4.90 Å². The highest BCUT2D eigenvalue weighted by Crippen LogP contribution is 2.09. The first kappa shape index (κ1) is 15.2. The van der Waals surface area contributed by atoms with E-state index in [1.54, 1.807) is 24.3 Å². The molecule has 0 saturated heterocycles. The Balaban J connectivity index is 2.56. The van der Waals surface area contributed by atoms with Gasteiger partial charge in [-0.25, -0.2) is 0 Å². The Morgan fingerprint density at radius 3 is 2.47 bits per heavy atom. The van der Waals surface area contributed by atoms with E-state index in [1.807, 2.05) is 0 Å². The van der Waals surface area contributed by atoms with E-state index in [4.69, 9.17) is 5.26 Å². The van der Waals surface area contributed by atoms with E-state index >= 15 is 0 Å². The van der Waals surface area contributed by atoms with Crippen LogP contribution in [0.5, 0.6) is 0 Å². The van der Waals surface area contributed by atoms with Crippen LogP contribution in [0.3, 0.4) is 0 Å². The van der Waals surface area contributed by atoms with Crippen molar-refractivity contribution in [3.8, 4) is 6.07 Å². The van der Waals surface area contributed by atoms with Gasteiger partial charge in [0.15, 0.2) is 0 Å². The number of nitrogens with zero attached hydrogens (tertiary/aromatic N) is 2. The molecule has 0 radical (unpaired) electrons. The second kappa shape index (κ2) is 7.55. The largest absolute Gasteiger partial charge is 0.325 e. The van der Waals surface area contributed by atoms with Crippen LogP contribution < -0.4 is 5.32 Å². The molecule has 0 saturated carbocycles. The van der Waals surface area contributed by atoms with Crippen molar-refractivity contribution >= 4 is 11.6 Å². The van der Waals surface area contributed by atoms with Crippen molar-refractivity contribution in [1.29, 1.82) is 5.26 Å². The van der Waals surface area contributed by atoms with Crippen molar-refractivity contribution in [3.63, 3.8) is 0 Å². The summed E-state index contributed by atoms with van der Waals surface area (Å²) in [5, 5.41) is 11.6. The molecule has 1 aromatic carbocycles. The van der Waals surface area contributed by atoms with Gasteiger partial charge in [-0.2, -0.15) is 5.26 Å². The molecule has 0 spiro atoms. The number of nitrogens with one attached hydrogen (secondary N) is 1. The van der Waals surface area contributed by atoms with Crippen LogP contribution in [-0.2, 0) is 4.79 Å². The smallest absolute Gasteiger partial charge is 0.238 e. The third-order valence-electron chi connectivity index (χ3n) is 2.89. The van der Waals surface area contributed by atoms with E-state index in [-0.39, 0.29) is 5.91 Å². The van der Waals surface area contributed by atoms with Gasteiger partial charge in [-0.1, -0.05) is 6.92 Å². The summed E-state index contributed by atoms with van der Waals surface area (Å²) in [5.41, 5.74) is 1.32. The summed E-state index contributed by atoms with van der Waals surface area (Å²) in [6.07, 6.45) is 1.03. The molecule has 4 heteroatoms. The molecule has 1 rings (SSSR count). The Morgan fingerprint density at radius 2 is 2.00 bits per heavy atom. The Labute approximate surface area is 115 Å². The zero-order valence-electron chi connectivity index (χ0n) is 11.8. The van der Waals surface area contributed by atoms with Gasteiger partial charge >= 0.3 is 0 Å². The van der Waals surface area contributed by atoms with E-state index in [9.17, 15) is 4.79 Å². The Morgan fingerprint density at radius 1 is 1.37 bits per heavy atom. The number of anilines is 1. The lowest BCUT2D eigenvalue weighted by Crippen LogP contribution is -2.38. The number of amides is 1. The van der Waals surface area contributed by atoms with Crippen LogP contribution in [0.2, 0.25) is 0 Å². The zero-order valence-corrected chi connectivity index (χ0v) is 11.8. The molecule has 0 unspecified atom stereocenters. The lowest BCUT2D eigenvalue weighted by molar-refractivity contribution is -0.117.